The second-order valence-corrected chi connectivity index (χ2v) is 6.20. The largest absolute Gasteiger partial charge is 0.497 e. The molecule has 8 heteroatoms. The summed E-state index contributed by atoms with van der Waals surface area (Å²) in [6.45, 7) is -0.358. The number of para-hydroxylation sites is 2. The topological polar surface area (TPSA) is 91.6 Å². The molecule has 0 saturated heterocycles. The average Bonchev–Trinajstić information content (AvgIpc) is 2.96. The van der Waals surface area contributed by atoms with Gasteiger partial charge in [-0.05, 0) is 29.8 Å². The van der Waals surface area contributed by atoms with Crippen molar-refractivity contribution in [1.82, 2.24) is 14.5 Å². The van der Waals surface area contributed by atoms with Gasteiger partial charge < -0.3 is 14.8 Å². The lowest BCUT2D eigenvalue weighted by molar-refractivity contribution is -0.149. The Labute approximate surface area is 161 Å². The lowest BCUT2D eigenvalue weighted by Crippen LogP contribution is -2.31. The number of hydrogen-bond donors (Lipinski definition) is 1. The Morgan fingerprint density at radius 3 is 2.39 bits per heavy atom. The highest BCUT2D eigenvalue weighted by Crippen LogP contribution is 2.12. The Hall–Kier alpha value is -3.55. The van der Waals surface area contributed by atoms with Crippen LogP contribution in [0.2, 0.25) is 0 Å². The predicted molar refractivity (Wildman–Crippen MR) is 103 cm³/mol. The Morgan fingerprint density at radius 2 is 1.71 bits per heavy atom. The summed E-state index contributed by atoms with van der Waals surface area (Å²) >= 11 is 0. The first-order chi connectivity index (χ1) is 13.5. The van der Waals surface area contributed by atoms with Crippen LogP contribution in [0.4, 0.5) is 0 Å². The van der Waals surface area contributed by atoms with Crippen molar-refractivity contribution in [1.29, 1.82) is 0 Å². The normalized spacial score (nSPS) is 10.6. The number of esters is 1. The van der Waals surface area contributed by atoms with Gasteiger partial charge in [-0.1, -0.05) is 24.3 Å². The summed E-state index contributed by atoms with van der Waals surface area (Å²) in [7, 11) is 3.22. The summed E-state index contributed by atoms with van der Waals surface area (Å²) in [5.74, 6) is -0.347. The fourth-order valence-electron chi connectivity index (χ4n) is 2.83. The number of amides is 1. The number of aryl methyl sites for hydroxylation is 1. The number of aromatic nitrogens is 2. The highest BCUT2D eigenvalue weighted by Gasteiger charge is 2.15. The van der Waals surface area contributed by atoms with Gasteiger partial charge >= 0.3 is 11.7 Å². The fraction of sp³-hybridized carbons (Fsp3) is 0.250. The molecule has 0 atom stereocenters. The first-order valence-corrected chi connectivity index (χ1v) is 8.69. The second kappa shape index (κ2) is 8.43. The van der Waals surface area contributed by atoms with Crippen LogP contribution in [0.15, 0.2) is 53.3 Å². The highest BCUT2D eigenvalue weighted by molar-refractivity contribution is 5.82. The first kappa shape index (κ1) is 19.2. The Bertz CT molecular complexity index is 1050. The van der Waals surface area contributed by atoms with Gasteiger partial charge in [-0.3, -0.25) is 18.7 Å². The van der Waals surface area contributed by atoms with E-state index in [-0.39, 0.29) is 12.2 Å². The molecule has 0 radical (unpaired) electrons. The van der Waals surface area contributed by atoms with Crippen LogP contribution in [0.3, 0.4) is 0 Å². The molecule has 146 valence electrons. The molecule has 0 saturated carbocycles. The summed E-state index contributed by atoms with van der Waals surface area (Å²) in [5, 5.41) is 2.67. The molecule has 1 N–H and O–H groups in total. The number of nitrogens with one attached hydrogen (secondary N) is 1. The third kappa shape index (κ3) is 4.22. The van der Waals surface area contributed by atoms with E-state index >= 15 is 0 Å². The van der Waals surface area contributed by atoms with Gasteiger partial charge in [0.05, 0.1) is 18.1 Å². The number of rotatable bonds is 7. The molecule has 1 amide bonds. The zero-order valence-corrected chi connectivity index (χ0v) is 15.7. The van der Waals surface area contributed by atoms with Crippen molar-refractivity contribution in [3.63, 3.8) is 0 Å². The molecule has 0 aliphatic carbocycles. The van der Waals surface area contributed by atoms with E-state index in [1.807, 2.05) is 18.2 Å². The van der Waals surface area contributed by atoms with Gasteiger partial charge in [0.1, 0.15) is 12.3 Å². The van der Waals surface area contributed by atoms with Gasteiger partial charge in [-0.2, -0.15) is 0 Å². The molecular formula is C20H21N3O5. The van der Waals surface area contributed by atoms with E-state index in [4.69, 9.17) is 9.47 Å². The van der Waals surface area contributed by atoms with Gasteiger partial charge in [0.2, 0.25) is 0 Å². The minimum absolute atomic E-state index is 0.258. The Morgan fingerprint density at radius 1 is 1.04 bits per heavy atom. The van der Waals surface area contributed by atoms with E-state index in [2.05, 4.69) is 5.32 Å². The standard InChI is InChI=1S/C20H21N3O5/c1-22-16-5-3-4-6-17(16)23(20(22)26)12-19(25)28-13-18(24)21-11-14-7-9-15(27-2)10-8-14/h3-10H,11-13H2,1-2H3,(H,21,24). The van der Waals surface area contributed by atoms with Crippen molar-refractivity contribution < 1.29 is 19.1 Å². The third-order valence-corrected chi connectivity index (χ3v) is 4.35. The highest BCUT2D eigenvalue weighted by atomic mass is 16.5. The summed E-state index contributed by atoms with van der Waals surface area (Å²) in [6.07, 6.45) is 0. The van der Waals surface area contributed by atoms with Crippen LogP contribution in [0, 0.1) is 0 Å². The molecule has 8 nitrogen and oxygen atoms in total. The molecule has 0 aliphatic heterocycles. The van der Waals surface area contributed by atoms with Gasteiger partial charge in [0, 0.05) is 13.6 Å². The van der Waals surface area contributed by atoms with E-state index in [0.29, 0.717) is 12.1 Å². The van der Waals surface area contributed by atoms with Crippen LogP contribution in [0.5, 0.6) is 5.75 Å². The molecule has 0 aliphatic rings. The van der Waals surface area contributed by atoms with Crippen LogP contribution in [0.25, 0.3) is 11.0 Å². The SMILES string of the molecule is COc1ccc(CNC(=O)COC(=O)Cn2c(=O)n(C)c3ccccc32)cc1. The zero-order chi connectivity index (χ0) is 20.1. The maximum Gasteiger partial charge on any atom is 0.329 e. The number of imidazole rings is 1. The fourth-order valence-corrected chi connectivity index (χ4v) is 2.83. The lowest BCUT2D eigenvalue weighted by atomic mass is 10.2. The number of benzene rings is 2. The molecule has 0 fully saturated rings. The molecule has 1 heterocycles. The molecule has 0 spiro atoms. The van der Waals surface area contributed by atoms with E-state index < -0.39 is 18.5 Å². The van der Waals surface area contributed by atoms with E-state index in [0.717, 1.165) is 16.8 Å². The number of fused-ring (bicyclic) bond motifs is 1. The first-order valence-electron chi connectivity index (χ1n) is 8.69. The quantitative estimate of drug-likeness (QED) is 0.619. The maximum absolute atomic E-state index is 12.3. The molecule has 1 aromatic heterocycles. The van der Waals surface area contributed by atoms with Gasteiger partial charge in [-0.15, -0.1) is 0 Å². The molecular weight excluding hydrogens is 362 g/mol. The molecule has 3 rings (SSSR count). The minimum atomic E-state index is -0.655. The summed E-state index contributed by atoms with van der Waals surface area (Å²) in [6, 6.07) is 14.4. The Kier molecular flexibility index (Phi) is 5.78. The second-order valence-electron chi connectivity index (χ2n) is 6.20. The number of carbonyl (C=O) groups excluding carboxylic acids is 2. The zero-order valence-electron chi connectivity index (χ0n) is 15.7. The van der Waals surface area contributed by atoms with Gasteiger partial charge in [0.25, 0.3) is 5.91 Å². The molecule has 28 heavy (non-hydrogen) atoms. The monoisotopic (exact) mass is 383 g/mol. The van der Waals surface area contributed by atoms with Gasteiger partial charge in [-0.25, -0.2) is 4.79 Å². The van der Waals surface area contributed by atoms with Crippen LogP contribution < -0.4 is 15.7 Å². The van der Waals surface area contributed by atoms with Crippen molar-refractivity contribution in [2.24, 2.45) is 7.05 Å². The van der Waals surface area contributed by atoms with Crippen LogP contribution in [-0.2, 0) is 34.5 Å². The smallest absolute Gasteiger partial charge is 0.329 e. The lowest BCUT2D eigenvalue weighted by Gasteiger charge is -2.08. The third-order valence-electron chi connectivity index (χ3n) is 4.35. The van der Waals surface area contributed by atoms with E-state index in [9.17, 15) is 14.4 Å². The van der Waals surface area contributed by atoms with Crippen molar-refractivity contribution in [2.75, 3.05) is 13.7 Å². The van der Waals surface area contributed by atoms with Crippen molar-refractivity contribution in [3.05, 3.63) is 64.6 Å². The Balaban J connectivity index is 1.52. The molecule has 3 aromatic rings. The molecule has 0 bridgehead atoms. The maximum atomic E-state index is 12.3. The number of hydrogen-bond acceptors (Lipinski definition) is 5. The van der Waals surface area contributed by atoms with Crippen molar-refractivity contribution in [2.45, 2.75) is 13.1 Å². The van der Waals surface area contributed by atoms with Crippen molar-refractivity contribution >= 4 is 22.9 Å². The van der Waals surface area contributed by atoms with E-state index in [1.165, 1.54) is 9.13 Å². The number of methoxy groups -OCH3 is 1. The van der Waals surface area contributed by atoms with Crippen LogP contribution >= 0.6 is 0 Å². The van der Waals surface area contributed by atoms with Crippen molar-refractivity contribution in [3.8, 4) is 5.75 Å². The van der Waals surface area contributed by atoms with E-state index in [1.54, 1.807) is 44.5 Å². The van der Waals surface area contributed by atoms with Crippen LogP contribution in [0.1, 0.15) is 5.56 Å². The molecule has 0 unspecified atom stereocenters. The molecule has 2 aromatic carbocycles. The number of carbonyl (C=O) groups is 2. The average molecular weight is 383 g/mol. The predicted octanol–water partition coefficient (Wildman–Crippen LogP) is 1.21. The number of nitrogens with zero attached hydrogens (tertiary/aromatic N) is 2. The minimum Gasteiger partial charge on any atom is -0.497 e. The summed E-state index contributed by atoms with van der Waals surface area (Å²) in [4.78, 5) is 36.3. The summed E-state index contributed by atoms with van der Waals surface area (Å²) in [5.41, 5.74) is 1.93. The number of ether oxygens (including phenoxy) is 2. The van der Waals surface area contributed by atoms with Gasteiger partial charge in [0.15, 0.2) is 6.61 Å². The van der Waals surface area contributed by atoms with Crippen LogP contribution in [-0.4, -0.2) is 34.7 Å². The summed E-state index contributed by atoms with van der Waals surface area (Å²) < 4.78 is 12.9.